The maximum Gasteiger partial charge on any atom is 0.336 e. The van der Waals surface area contributed by atoms with Gasteiger partial charge in [0, 0.05) is 19.6 Å². The number of aliphatic imine (C=N–C) groups is 1. The van der Waals surface area contributed by atoms with Gasteiger partial charge in [-0.2, -0.15) is 5.26 Å². The molecule has 0 aromatic carbocycles. The molecule has 0 saturated heterocycles. The monoisotopic (exact) mass is 407 g/mol. The van der Waals surface area contributed by atoms with Crippen molar-refractivity contribution in [2.45, 2.75) is 77.9 Å². The lowest BCUT2D eigenvalue weighted by Crippen LogP contribution is -2.54. The van der Waals surface area contributed by atoms with Crippen molar-refractivity contribution >= 4 is 6.08 Å². The molecule has 1 rings (SSSR count). The molecule has 0 saturated carbocycles. The van der Waals surface area contributed by atoms with Crippen molar-refractivity contribution in [2.75, 3.05) is 13.2 Å². The topological polar surface area (TPSA) is 128 Å². The quantitative estimate of drug-likeness (QED) is 0.186. The van der Waals surface area contributed by atoms with Gasteiger partial charge >= 0.3 is 17.1 Å². The van der Waals surface area contributed by atoms with Gasteiger partial charge in [0.05, 0.1) is 6.54 Å². The van der Waals surface area contributed by atoms with Crippen molar-refractivity contribution in [2.24, 2.45) is 4.99 Å². The second-order valence-corrected chi connectivity index (χ2v) is 6.69. The van der Waals surface area contributed by atoms with Gasteiger partial charge in [-0.05, 0) is 32.1 Å². The Morgan fingerprint density at radius 3 is 1.83 bits per heavy atom. The van der Waals surface area contributed by atoms with Crippen LogP contribution in [0.15, 0.2) is 19.4 Å². The summed E-state index contributed by atoms with van der Waals surface area (Å²) < 4.78 is 7.86. The summed E-state index contributed by atoms with van der Waals surface area (Å²) >= 11 is 0. The number of aromatic nitrogens is 3. The molecular weight excluding hydrogens is 378 g/mol. The van der Waals surface area contributed by atoms with E-state index in [1.807, 2.05) is 0 Å². The molecule has 1 aromatic heterocycles. The molecule has 0 N–H and O–H groups in total. The molecule has 1 heterocycles. The van der Waals surface area contributed by atoms with Crippen molar-refractivity contribution < 1.29 is 9.53 Å². The SMILES string of the molecule is CCCCCCn1c(=O)n(CCCCCOC#N)c(=O)n(CCCN=C=O)c1=O. The third kappa shape index (κ3) is 7.92. The summed E-state index contributed by atoms with van der Waals surface area (Å²) in [5, 5.41) is 8.35. The minimum atomic E-state index is -0.645. The zero-order valence-corrected chi connectivity index (χ0v) is 17.0. The van der Waals surface area contributed by atoms with Crippen molar-refractivity contribution in [3.8, 4) is 6.26 Å². The van der Waals surface area contributed by atoms with Gasteiger partial charge in [-0.25, -0.2) is 37.9 Å². The minimum Gasteiger partial charge on any atom is -0.428 e. The van der Waals surface area contributed by atoms with Crippen molar-refractivity contribution in [1.82, 2.24) is 13.7 Å². The van der Waals surface area contributed by atoms with Crippen LogP contribution in [-0.2, 0) is 29.2 Å². The largest absolute Gasteiger partial charge is 0.428 e. The summed E-state index contributed by atoms with van der Waals surface area (Å²) in [4.78, 5) is 51.8. The Morgan fingerprint density at radius 2 is 1.34 bits per heavy atom. The summed E-state index contributed by atoms with van der Waals surface area (Å²) in [6.07, 6.45) is 8.83. The summed E-state index contributed by atoms with van der Waals surface area (Å²) in [5.41, 5.74) is -1.86. The molecule has 1 aromatic rings. The summed E-state index contributed by atoms with van der Waals surface area (Å²) in [6, 6.07) is 0. The van der Waals surface area contributed by atoms with E-state index in [0.717, 1.165) is 33.0 Å². The Hall–Kier alpha value is -2.92. The third-order valence-corrected chi connectivity index (χ3v) is 4.53. The van der Waals surface area contributed by atoms with Crippen LogP contribution in [0.4, 0.5) is 0 Å². The van der Waals surface area contributed by atoms with Crippen LogP contribution >= 0.6 is 0 Å². The average Bonchev–Trinajstić information content (AvgIpc) is 2.71. The summed E-state index contributed by atoms with van der Waals surface area (Å²) in [6.45, 7) is 3.05. The second-order valence-electron chi connectivity index (χ2n) is 6.69. The molecule has 0 aliphatic heterocycles. The summed E-state index contributed by atoms with van der Waals surface area (Å²) in [7, 11) is 0. The first-order valence-corrected chi connectivity index (χ1v) is 10.1. The van der Waals surface area contributed by atoms with E-state index in [0.29, 0.717) is 38.7 Å². The lowest BCUT2D eigenvalue weighted by Gasteiger charge is -2.13. The van der Waals surface area contributed by atoms with Crippen LogP contribution in [0.25, 0.3) is 0 Å². The van der Waals surface area contributed by atoms with E-state index >= 15 is 0 Å². The maximum atomic E-state index is 12.7. The molecule has 0 spiro atoms. The highest BCUT2D eigenvalue weighted by atomic mass is 16.5. The molecule has 0 bridgehead atoms. The highest BCUT2D eigenvalue weighted by molar-refractivity contribution is 5.32. The van der Waals surface area contributed by atoms with Gasteiger partial charge in [-0.1, -0.05) is 26.2 Å². The normalized spacial score (nSPS) is 10.3. The molecule has 10 nitrogen and oxygen atoms in total. The molecule has 0 amide bonds. The Labute approximate surface area is 169 Å². The number of rotatable bonds is 15. The molecule has 0 fully saturated rings. The standard InChI is InChI=1S/C19H29N5O5/c1-2-3-4-6-11-22-17(26)23(12-7-5-8-14-29-15-20)19(28)24(18(22)27)13-9-10-21-16-25/h2-14H2,1H3. The highest BCUT2D eigenvalue weighted by Gasteiger charge is 2.15. The molecule has 0 atom stereocenters. The smallest absolute Gasteiger partial charge is 0.336 e. The van der Waals surface area contributed by atoms with Gasteiger partial charge in [-0.15, -0.1) is 0 Å². The van der Waals surface area contributed by atoms with E-state index < -0.39 is 17.1 Å². The number of nitrogens with zero attached hydrogens (tertiary/aromatic N) is 5. The van der Waals surface area contributed by atoms with E-state index in [1.165, 1.54) is 6.08 Å². The van der Waals surface area contributed by atoms with Gasteiger partial charge in [-0.3, -0.25) is 0 Å². The van der Waals surface area contributed by atoms with Crippen molar-refractivity contribution in [3.63, 3.8) is 0 Å². The van der Waals surface area contributed by atoms with E-state index in [2.05, 4.69) is 16.7 Å². The predicted molar refractivity (Wildman–Crippen MR) is 106 cm³/mol. The lowest BCUT2D eigenvalue weighted by molar-refractivity contribution is 0.259. The molecule has 0 aliphatic rings. The minimum absolute atomic E-state index is 0.0775. The van der Waals surface area contributed by atoms with Crippen LogP contribution in [0.2, 0.25) is 0 Å². The van der Waals surface area contributed by atoms with Gasteiger partial charge in [0.15, 0.2) is 0 Å². The predicted octanol–water partition coefficient (Wildman–Crippen LogP) is 1.15. The highest BCUT2D eigenvalue weighted by Crippen LogP contribution is 2.00. The van der Waals surface area contributed by atoms with Crippen LogP contribution in [0.5, 0.6) is 0 Å². The average molecular weight is 407 g/mol. The van der Waals surface area contributed by atoms with Crippen LogP contribution in [0.3, 0.4) is 0 Å². The fourth-order valence-corrected chi connectivity index (χ4v) is 2.97. The first-order chi connectivity index (χ1) is 14.1. The number of isocyanates is 1. The maximum absolute atomic E-state index is 12.7. The van der Waals surface area contributed by atoms with Crippen LogP contribution < -0.4 is 17.1 Å². The summed E-state index contributed by atoms with van der Waals surface area (Å²) in [5.74, 6) is 0. The Morgan fingerprint density at radius 1 is 0.828 bits per heavy atom. The first kappa shape index (κ1) is 24.1. The van der Waals surface area contributed by atoms with Gasteiger partial charge in [0.25, 0.3) is 6.26 Å². The molecule has 0 unspecified atom stereocenters. The number of unbranched alkanes of at least 4 members (excludes halogenated alkanes) is 5. The van der Waals surface area contributed by atoms with E-state index in [-0.39, 0.29) is 26.2 Å². The van der Waals surface area contributed by atoms with Crippen LogP contribution in [-0.4, -0.2) is 32.9 Å². The zero-order chi connectivity index (χ0) is 21.5. The Bertz CT molecular complexity index is 886. The molecule has 160 valence electrons. The van der Waals surface area contributed by atoms with Crippen LogP contribution in [0.1, 0.15) is 58.3 Å². The molecule has 10 heteroatoms. The Balaban J connectivity index is 3.05. The second kappa shape index (κ2) is 14.1. The van der Waals surface area contributed by atoms with Gasteiger partial charge in [0.1, 0.15) is 6.61 Å². The van der Waals surface area contributed by atoms with E-state index in [9.17, 15) is 19.2 Å². The number of ether oxygens (including phenoxy) is 1. The van der Waals surface area contributed by atoms with E-state index in [1.54, 1.807) is 6.26 Å². The number of hydrogen-bond acceptors (Lipinski definition) is 7. The van der Waals surface area contributed by atoms with Crippen molar-refractivity contribution in [1.29, 1.82) is 5.26 Å². The molecular formula is C19H29N5O5. The van der Waals surface area contributed by atoms with Gasteiger partial charge < -0.3 is 4.74 Å². The molecule has 0 aliphatic carbocycles. The number of carbonyl (C=O) groups excluding carboxylic acids is 1. The number of hydrogen-bond donors (Lipinski definition) is 0. The fourth-order valence-electron chi connectivity index (χ4n) is 2.97. The van der Waals surface area contributed by atoms with E-state index in [4.69, 9.17) is 5.26 Å². The zero-order valence-electron chi connectivity index (χ0n) is 17.0. The van der Waals surface area contributed by atoms with Crippen molar-refractivity contribution in [3.05, 3.63) is 31.5 Å². The first-order valence-electron chi connectivity index (χ1n) is 10.1. The number of nitriles is 1. The van der Waals surface area contributed by atoms with Gasteiger partial charge in [0.2, 0.25) is 6.08 Å². The molecule has 29 heavy (non-hydrogen) atoms. The lowest BCUT2D eigenvalue weighted by atomic mass is 10.2. The Kier molecular flexibility index (Phi) is 11.8. The third-order valence-electron chi connectivity index (χ3n) is 4.53. The van der Waals surface area contributed by atoms with Crippen LogP contribution in [0, 0.1) is 11.5 Å². The molecule has 0 radical (unpaired) electrons. The fraction of sp³-hybridized carbons (Fsp3) is 0.737.